The standard InChI is InChI=1S/C13H14FN3O2/c1-7-12(8(2)17-16-7)15-13(18)9-4-5-10(14)11(6-9)19-3/h4-6H,1-3H3,(H,15,18)(H,16,17). The maximum absolute atomic E-state index is 13.3. The second-order valence-electron chi connectivity index (χ2n) is 4.11. The van der Waals surface area contributed by atoms with Crippen molar-refractivity contribution in [2.45, 2.75) is 13.8 Å². The zero-order valence-corrected chi connectivity index (χ0v) is 10.9. The summed E-state index contributed by atoms with van der Waals surface area (Å²) in [6.45, 7) is 3.59. The second-order valence-corrected chi connectivity index (χ2v) is 4.11. The van der Waals surface area contributed by atoms with E-state index in [9.17, 15) is 9.18 Å². The van der Waals surface area contributed by atoms with Gasteiger partial charge in [-0.15, -0.1) is 0 Å². The molecular formula is C13H14FN3O2. The first-order valence-corrected chi connectivity index (χ1v) is 5.69. The lowest BCUT2D eigenvalue weighted by atomic mass is 10.2. The molecule has 0 aliphatic carbocycles. The highest BCUT2D eigenvalue weighted by atomic mass is 19.1. The summed E-state index contributed by atoms with van der Waals surface area (Å²) >= 11 is 0. The lowest BCUT2D eigenvalue weighted by molar-refractivity contribution is 0.102. The van der Waals surface area contributed by atoms with E-state index in [1.54, 1.807) is 13.8 Å². The fraction of sp³-hybridized carbons (Fsp3) is 0.231. The molecule has 0 saturated carbocycles. The number of amides is 1. The molecule has 0 spiro atoms. The Bertz CT molecular complexity index is 603. The number of aryl methyl sites for hydroxylation is 2. The minimum Gasteiger partial charge on any atom is -0.494 e. The number of benzene rings is 1. The normalized spacial score (nSPS) is 10.3. The largest absolute Gasteiger partial charge is 0.494 e. The number of aromatic nitrogens is 2. The summed E-state index contributed by atoms with van der Waals surface area (Å²) in [5.41, 5.74) is 2.41. The van der Waals surface area contributed by atoms with E-state index >= 15 is 0 Å². The number of H-pyrrole nitrogens is 1. The number of rotatable bonds is 3. The monoisotopic (exact) mass is 263 g/mol. The zero-order chi connectivity index (χ0) is 14.0. The second kappa shape index (κ2) is 5.09. The fourth-order valence-electron chi connectivity index (χ4n) is 1.72. The van der Waals surface area contributed by atoms with Crippen LogP contribution in [-0.4, -0.2) is 23.2 Å². The van der Waals surface area contributed by atoms with Crippen molar-refractivity contribution in [1.29, 1.82) is 0 Å². The van der Waals surface area contributed by atoms with Crippen LogP contribution in [-0.2, 0) is 0 Å². The molecule has 2 N–H and O–H groups in total. The van der Waals surface area contributed by atoms with Gasteiger partial charge in [-0.3, -0.25) is 9.89 Å². The number of ether oxygens (including phenoxy) is 1. The predicted octanol–water partition coefficient (Wildman–Crippen LogP) is 2.43. The van der Waals surface area contributed by atoms with Crippen molar-refractivity contribution in [3.8, 4) is 5.75 Å². The number of hydrogen-bond acceptors (Lipinski definition) is 3. The summed E-state index contributed by atoms with van der Waals surface area (Å²) in [5.74, 6) is -0.811. The van der Waals surface area contributed by atoms with Gasteiger partial charge in [-0.25, -0.2) is 4.39 Å². The molecule has 0 aliphatic rings. The Balaban J connectivity index is 2.25. The highest BCUT2D eigenvalue weighted by Crippen LogP contribution is 2.21. The van der Waals surface area contributed by atoms with E-state index < -0.39 is 5.82 Å². The molecule has 0 atom stereocenters. The molecule has 0 saturated heterocycles. The average Bonchev–Trinajstić information content (AvgIpc) is 2.71. The number of methoxy groups -OCH3 is 1. The summed E-state index contributed by atoms with van der Waals surface area (Å²) in [6.07, 6.45) is 0. The zero-order valence-electron chi connectivity index (χ0n) is 10.9. The van der Waals surface area contributed by atoms with E-state index in [0.29, 0.717) is 16.9 Å². The van der Waals surface area contributed by atoms with Gasteiger partial charge < -0.3 is 10.1 Å². The number of nitrogens with zero attached hydrogens (tertiary/aromatic N) is 1. The molecule has 1 aromatic carbocycles. The molecule has 0 bridgehead atoms. The Kier molecular flexibility index (Phi) is 3.50. The van der Waals surface area contributed by atoms with Crippen molar-refractivity contribution >= 4 is 11.6 Å². The summed E-state index contributed by atoms with van der Waals surface area (Å²) in [5, 5.41) is 9.50. The number of halogens is 1. The van der Waals surface area contributed by atoms with Gasteiger partial charge in [0.25, 0.3) is 5.91 Å². The number of carbonyl (C=O) groups excluding carboxylic acids is 1. The van der Waals surface area contributed by atoms with Crippen LogP contribution in [0.1, 0.15) is 21.7 Å². The number of nitrogens with one attached hydrogen (secondary N) is 2. The number of hydrogen-bond donors (Lipinski definition) is 2. The van der Waals surface area contributed by atoms with Crippen LogP contribution in [0.3, 0.4) is 0 Å². The molecule has 0 aliphatic heterocycles. The smallest absolute Gasteiger partial charge is 0.255 e. The number of aromatic amines is 1. The first-order valence-electron chi connectivity index (χ1n) is 5.69. The van der Waals surface area contributed by atoms with E-state index in [2.05, 4.69) is 15.5 Å². The quantitative estimate of drug-likeness (QED) is 0.893. The summed E-state index contributed by atoms with van der Waals surface area (Å²) in [4.78, 5) is 12.1. The summed E-state index contributed by atoms with van der Waals surface area (Å²) in [6, 6.07) is 3.95. The molecule has 100 valence electrons. The highest BCUT2D eigenvalue weighted by molar-refractivity contribution is 6.05. The molecule has 2 aromatic rings. The molecule has 1 amide bonds. The third-order valence-electron chi connectivity index (χ3n) is 2.78. The van der Waals surface area contributed by atoms with E-state index in [1.165, 1.54) is 25.3 Å². The van der Waals surface area contributed by atoms with E-state index in [4.69, 9.17) is 4.74 Å². The van der Waals surface area contributed by atoms with E-state index in [1.807, 2.05) is 0 Å². The van der Waals surface area contributed by atoms with E-state index in [-0.39, 0.29) is 11.7 Å². The van der Waals surface area contributed by atoms with Gasteiger partial charge >= 0.3 is 0 Å². The van der Waals surface area contributed by atoms with E-state index in [0.717, 1.165) is 5.69 Å². The molecular weight excluding hydrogens is 249 g/mol. The van der Waals surface area contributed by atoms with Crippen LogP contribution in [0.4, 0.5) is 10.1 Å². The van der Waals surface area contributed by atoms with Crippen molar-refractivity contribution < 1.29 is 13.9 Å². The Hall–Kier alpha value is -2.37. The lowest BCUT2D eigenvalue weighted by Gasteiger charge is -2.07. The fourth-order valence-corrected chi connectivity index (χ4v) is 1.72. The Morgan fingerprint density at radius 1 is 1.42 bits per heavy atom. The third-order valence-corrected chi connectivity index (χ3v) is 2.78. The lowest BCUT2D eigenvalue weighted by Crippen LogP contribution is -2.13. The summed E-state index contributed by atoms with van der Waals surface area (Å²) < 4.78 is 18.1. The molecule has 1 aromatic heterocycles. The maximum Gasteiger partial charge on any atom is 0.255 e. The Morgan fingerprint density at radius 2 is 2.16 bits per heavy atom. The van der Waals surface area contributed by atoms with Gasteiger partial charge in [0.1, 0.15) is 0 Å². The first kappa shape index (κ1) is 13.1. The van der Waals surface area contributed by atoms with Crippen molar-refractivity contribution in [3.63, 3.8) is 0 Å². The molecule has 1 heterocycles. The Morgan fingerprint density at radius 3 is 2.74 bits per heavy atom. The SMILES string of the molecule is COc1cc(C(=O)Nc2c(C)n[nH]c2C)ccc1F. The van der Waals surface area contributed by atoms with Crippen LogP contribution in [0.25, 0.3) is 0 Å². The van der Waals surface area contributed by atoms with Crippen LogP contribution in [0.5, 0.6) is 5.75 Å². The Labute approximate surface area is 109 Å². The minimum absolute atomic E-state index is 0.0355. The van der Waals surface area contributed by atoms with Crippen LogP contribution >= 0.6 is 0 Å². The van der Waals surface area contributed by atoms with Gasteiger partial charge in [0.2, 0.25) is 0 Å². The highest BCUT2D eigenvalue weighted by Gasteiger charge is 2.14. The minimum atomic E-state index is -0.505. The molecule has 0 fully saturated rings. The van der Waals surface area contributed by atoms with Crippen LogP contribution < -0.4 is 10.1 Å². The van der Waals surface area contributed by atoms with Crippen LogP contribution in [0.2, 0.25) is 0 Å². The van der Waals surface area contributed by atoms with Crippen LogP contribution in [0.15, 0.2) is 18.2 Å². The molecule has 2 rings (SSSR count). The van der Waals surface area contributed by atoms with Gasteiger partial charge in [0.15, 0.2) is 11.6 Å². The molecule has 19 heavy (non-hydrogen) atoms. The van der Waals surface area contributed by atoms with Gasteiger partial charge in [0, 0.05) is 5.56 Å². The predicted molar refractivity (Wildman–Crippen MR) is 69.0 cm³/mol. The van der Waals surface area contributed by atoms with Crippen molar-refractivity contribution in [1.82, 2.24) is 10.2 Å². The number of anilines is 1. The van der Waals surface area contributed by atoms with Gasteiger partial charge in [0.05, 0.1) is 24.2 Å². The molecule has 6 heteroatoms. The van der Waals surface area contributed by atoms with Crippen LogP contribution in [0, 0.1) is 19.7 Å². The van der Waals surface area contributed by atoms with Crippen molar-refractivity contribution in [3.05, 3.63) is 41.0 Å². The molecule has 0 unspecified atom stereocenters. The molecule has 0 radical (unpaired) electrons. The van der Waals surface area contributed by atoms with Gasteiger partial charge in [-0.05, 0) is 32.0 Å². The molecule has 5 nitrogen and oxygen atoms in total. The van der Waals surface area contributed by atoms with Gasteiger partial charge in [-0.2, -0.15) is 5.10 Å². The van der Waals surface area contributed by atoms with Gasteiger partial charge in [-0.1, -0.05) is 0 Å². The topological polar surface area (TPSA) is 67.0 Å². The average molecular weight is 263 g/mol. The maximum atomic E-state index is 13.3. The first-order chi connectivity index (χ1) is 9.02. The summed E-state index contributed by atoms with van der Waals surface area (Å²) in [7, 11) is 1.35. The number of carbonyl (C=O) groups is 1. The third kappa shape index (κ3) is 2.57. The van der Waals surface area contributed by atoms with Crippen molar-refractivity contribution in [2.75, 3.05) is 12.4 Å². The van der Waals surface area contributed by atoms with Crippen molar-refractivity contribution in [2.24, 2.45) is 0 Å².